The number of carbonyl (C=O) groups is 3. The Hall–Kier alpha value is -4.14. The van der Waals surface area contributed by atoms with Crippen molar-refractivity contribution in [2.24, 2.45) is 0 Å². The summed E-state index contributed by atoms with van der Waals surface area (Å²) in [5.74, 6) is -1.90. The normalized spacial score (nSPS) is 19.3. The second-order valence-corrected chi connectivity index (χ2v) is 7.14. The van der Waals surface area contributed by atoms with E-state index in [0.29, 0.717) is 5.56 Å². The number of nitrogens with one attached hydrogen (secondary N) is 3. The topological polar surface area (TPSA) is 113 Å². The first-order chi connectivity index (χ1) is 15.3. The minimum absolute atomic E-state index is 0.0139. The molecule has 1 aliphatic rings. The van der Waals surface area contributed by atoms with Gasteiger partial charge in [-0.25, -0.2) is 14.4 Å². The van der Waals surface area contributed by atoms with E-state index < -0.39 is 23.8 Å². The molecule has 0 spiro atoms. The summed E-state index contributed by atoms with van der Waals surface area (Å²) in [6.45, 7) is 3.67. The fourth-order valence-electron chi connectivity index (χ4n) is 2.83. The molecule has 1 aromatic carbocycles. The number of aryl methyl sites for hydroxylation is 1. The van der Waals surface area contributed by atoms with Crippen molar-refractivity contribution in [1.29, 1.82) is 0 Å². The molecule has 8 nitrogen and oxygen atoms in total. The van der Waals surface area contributed by atoms with Crippen LogP contribution in [0.25, 0.3) is 0 Å². The summed E-state index contributed by atoms with van der Waals surface area (Å²) in [4.78, 5) is 45.1. The number of benzene rings is 1. The lowest BCUT2D eigenvalue weighted by molar-refractivity contribution is -0.120. The molecule has 1 unspecified atom stereocenters. The smallest absolute Gasteiger partial charge is 0.270 e. The minimum Gasteiger partial charge on any atom is -0.347 e. The van der Waals surface area contributed by atoms with Crippen LogP contribution in [0, 0.1) is 12.7 Å². The van der Waals surface area contributed by atoms with Crippen LogP contribution < -0.4 is 16.0 Å². The van der Waals surface area contributed by atoms with E-state index in [2.05, 4.69) is 25.9 Å². The van der Waals surface area contributed by atoms with E-state index in [4.69, 9.17) is 0 Å². The molecule has 2 aromatic rings. The zero-order valence-electron chi connectivity index (χ0n) is 17.6. The average molecular weight is 435 g/mol. The summed E-state index contributed by atoms with van der Waals surface area (Å²) >= 11 is 0. The van der Waals surface area contributed by atoms with Gasteiger partial charge in [0.15, 0.2) is 0 Å². The van der Waals surface area contributed by atoms with Crippen LogP contribution in [-0.2, 0) is 11.3 Å². The van der Waals surface area contributed by atoms with Gasteiger partial charge in [-0.2, -0.15) is 0 Å². The average Bonchev–Trinajstić information content (AvgIpc) is 2.85. The Balaban J connectivity index is 1.67. The molecular weight excluding hydrogens is 413 g/mol. The maximum atomic E-state index is 13.4. The zero-order valence-corrected chi connectivity index (χ0v) is 17.6. The van der Waals surface area contributed by atoms with Gasteiger partial charge in [0.1, 0.15) is 29.6 Å². The highest BCUT2D eigenvalue weighted by Crippen LogP contribution is 2.09. The van der Waals surface area contributed by atoms with Crippen molar-refractivity contribution in [3.63, 3.8) is 0 Å². The summed E-state index contributed by atoms with van der Waals surface area (Å²) < 4.78 is 13.4. The molecule has 0 bridgehead atoms. The van der Waals surface area contributed by atoms with E-state index >= 15 is 0 Å². The number of amides is 3. The molecule has 0 saturated carbocycles. The van der Waals surface area contributed by atoms with Gasteiger partial charge in [-0.1, -0.05) is 30.4 Å². The number of rotatable bonds is 5. The third-order valence-electron chi connectivity index (χ3n) is 4.61. The molecular formula is C23H22FN5O3. The monoisotopic (exact) mass is 435 g/mol. The van der Waals surface area contributed by atoms with Crippen LogP contribution in [0.4, 0.5) is 4.39 Å². The molecule has 0 radical (unpaired) electrons. The highest BCUT2D eigenvalue weighted by atomic mass is 19.1. The predicted molar refractivity (Wildman–Crippen MR) is 116 cm³/mol. The Labute approximate surface area is 184 Å². The third-order valence-corrected chi connectivity index (χ3v) is 4.61. The molecule has 9 heteroatoms. The van der Waals surface area contributed by atoms with E-state index in [1.54, 1.807) is 43.4 Å². The Morgan fingerprint density at radius 3 is 2.62 bits per heavy atom. The summed E-state index contributed by atoms with van der Waals surface area (Å²) in [7, 11) is 0. The van der Waals surface area contributed by atoms with Crippen molar-refractivity contribution in [3.8, 4) is 0 Å². The van der Waals surface area contributed by atoms with Gasteiger partial charge in [0, 0.05) is 18.8 Å². The number of nitrogens with zero attached hydrogens (tertiary/aromatic N) is 2. The molecule has 0 fully saturated rings. The fraction of sp³-hybridized carbons (Fsp3) is 0.174. The Kier molecular flexibility index (Phi) is 7.22. The van der Waals surface area contributed by atoms with E-state index in [1.807, 2.05) is 6.92 Å². The van der Waals surface area contributed by atoms with Crippen LogP contribution in [0.15, 0.2) is 66.7 Å². The van der Waals surface area contributed by atoms with Crippen LogP contribution in [-0.4, -0.2) is 33.7 Å². The number of allylic oxidation sites excluding steroid dienone is 4. The summed E-state index contributed by atoms with van der Waals surface area (Å²) in [5, 5.41) is 7.83. The van der Waals surface area contributed by atoms with Crippen molar-refractivity contribution >= 4 is 17.7 Å². The van der Waals surface area contributed by atoms with Crippen molar-refractivity contribution in [1.82, 2.24) is 25.9 Å². The Bertz CT molecular complexity index is 1140. The first-order valence-electron chi connectivity index (χ1n) is 9.81. The van der Waals surface area contributed by atoms with Gasteiger partial charge in [0.2, 0.25) is 0 Å². The number of halogens is 1. The second kappa shape index (κ2) is 10.3. The number of aromatic nitrogens is 2. The van der Waals surface area contributed by atoms with Gasteiger partial charge in [0.25, 0.3) is 17.7 Å². The van der Waals surface area contributed by atoms with Crippen LogP contribution in [0.3, 0.4) is 0 Å². The lowest BCUT2D eigenvalue weighted by atomic mass is 10.1. The Morgan fingerprint density at radius 1 is 1.12 bits per heavy atom. The number of hydrogen-bond acceptors (Lipinski definition) is 5. The standard InChI is InChI=1S/C23H22FN5O3/c1-14-4-3-5-18(21(30)25-9-8-14)29-23(32)20-11-19(27-13-28-20)22(31)26-12-16-6-7-17(24)15(2)10-16/h3-11,13,18H,12H2,1-2H3,(H,25,30)(H,26,31)(H,29,32)/b5-3+,9-8+,14-4-. The highest BCUT2D eigenvalue weighted by molar-refractivity contribution is 5.99. The number of hydrogen-bond donors (Lipinski definition) is 3. The molecule has 0 aliphatic carbocycles. The first kappa shape index (κ1) is 22.5. The lowest BCUT2D eigenvalue weighted by Gasteiger charge is -2.13. The summed E-state index contributed by atoms with van der Waals surface area (Å²) in [6.07, 6.45) is 9.34. The predicted octanol–water partition coefficient (Wildman–Crippen LogP) is 2.10. The molecule has 164 valence electrons. The molecule has 3 amide bonds. The molecule has 1 aromatic heterocycles. The third kappa shape index (κ3) is 5.94. The molecule has 0 saturated heterocycles. The molecule has 32 heavy (non-hydrogen) atoms. The van der Waals surface area contributed by atoms with E-state index in [1.165, 1.54) is 18.3 Å². The summed E-state index contributed by atoms with van der Waals surface area (Å²) in [5.41, 5.74) is 2.05. The quantitative estimate of drug-likeness (QED) is 0.666. The second-order valence-electron chi connectivity index (χ2n) is 7.14. The van der Waals surface area contributed by atoms with Gasteiger partial charge < -0.3 is 16.0 Å². The lowest BCUT2D eigenvalue weighted by Crippen LogP contribution is -2.44. The van der Waals surface area contributed by atoms with Gasteiger partial charge in [-0.15, -0.1) is 0 Å². The summed E-state index contributed by atoms with van der Waals surface area (Å²) in [6, 6.07) is 4.85. The van der Waals surface area contributed by atoms with E-state index in [-0.39, 0.29) is 23.7 Å². The van der Waals surface area contributed by atoms with E-state index in [0.717, 1.165) is 17.5 Å². The SMILES string of the molecule is CC1=C/C=C/C(NC(=O)c2cc(C(=O)NCc3ccc(F)c(C)c3)ncn2)C(=O)N\C=C\1. The number of carbonyl (C=O) groups excluding carboxylic acids is 3. The maximum absolute atomic E-state index is 13.4. The van der Waals surface area contributed by atoms with Crippen molar-refractivity contribution in [2.45, 2.75) is 26.4 Å². The molecule has 1 aliphatic heterocycles. The molecule has 3 rings (SSSR count). The van der Waals surface area contributed by atoms with Gasteiger partial charge in [-0.05, 0) is 42.7 Å². The van der Waals surface area contributed by atoms with Crippen LogP contribution in [0.1, 0.15) is 39.0 Å². The van der Waals surface area contributed by atoms with Gasteiger partial charge >= 0.3 is 0 Å². The van der Waals surface area contributed by atoms with Crippen LogP contribution >= 0.6 is 0 Å². The Morgan fingerprint density at radius 2 is 1.88 bits per heavy atom. The zero-order chi connectivity index (χ0) is 23.1. The van der Waals surface area contributed by atoms with Gasteiger partial charge in [0.05, 0.1) is 0 Å². The highest BCUT2D eigenvalue weighted by Gasteiger charge is 2.20. The molecule has 2 heterocycles. The largest absolute Gasteiger partial charge is 0.347 e. The van der Waals surface area contributed by atoms with Crippen molar-refractivity contribution in [3.05, 3.63) is 95.0 Å². The van der Waals surface area contributed by atoms with Crippen LogP contribution in [0.5, 0.6) is 0 Å². The maximum Gasteiger partial charge on any atom is 0.270 e. The molecule has 1 atom stereocenters. The van der Waals surface area contributed by atoms with E-state index in [9.17, 15) is 18.8 Å². The molecule has 3 N–H and O–H groups in total. The van der Waals surface area contributed by atoms with Gasteiger partial charge in [-0.3, -0.25) is 14.4 Å². The van der Waals surface area contributed by atoms with Crippen molar-refractivity contribution in [2.75, 3.05) is 0 Å². The van der Waals surface area contributed by atoms with Crippen molar-refractivity contribution < 1.29 is 18.8 Å². The fourth-order valence-corrected chi connectivity index (χ4v) is 2.83. The first-order valence-corrected chi connectivity index (χ1v) is 9.81. The van der Waals surface area contributed by atoms with Crippen LogP contribution in [0.2, 0.25) is 0 Å². The minimum atomic E-state index is -0.928.